The number of nitrogens with zero attached hydrogens (tertiary/aromatic N) is 1. The number of amides is 1. The van der Waals surface area contributed by atoms with Crippen LogP contribution in [0.3, 0.4) is 0 Å². The second kappa shape index (κ2) is 7.47. The number of hydrogen-bond donors (Lipinski definition) is 2. The van der Waals surface area contributed by atoms with Crippen LogP contribution in [0.25, 0.3) is 0 Å². The molecule has 2 N–H and O–H groups in total. The topological polar surface area (TPSA) is 104 Å². The third-order valence-electron chi connectivity index (χ3n) is 3.80. The monoisotopic (exact) mass is 350 g/mol. The molecule has 0 unspecified atom stereocenters. The first kappa shape index (κ1) is 18.0. The molecular formula is C16H18N2O5S. The van der Waals surface area contributed by atoms with E-state index < -0.39 is 27.9 Å². The molecule has 128 valence electrons. The van der Waals surface area contributed by atoms with E-state index in [0.717, 1.165) is 12.8 Å². The van der Waals surface area contributed by atoms with Gasteiger partial charge < -0.3 is 10.0 Å². The molecule has 0 spiro atoms. The molecule has 1 saturated heterocycles. The summed E-state index contributed by atoms with van der Waals surface area (Å²) in [5.74, 6) is 0.627. The molecule has 1 aromatic rings. The maximum absolute atomic E-state index is 12.6. The van der Waals surface area contributed by atoms with E-state index in [1.54, 1.807) is 0 Å². The van der Waals surface area contributed by atoms with Gasteiger partial charge in [0.1, 0.15) is 6.04 Å². The number of aliphatic carboxylic acids is 1. The van der Waals surface area contributed by atoms with Gasteiger partial charge in [0.15, 0.2) is 0 Å². The summed E-state index contributed by atoms with van der Waals surface area (Å²) in [4.78, 5) is 25.1. The van der Waals surface area contributed by atoms with E-state index in [9.17, 15) is 23.1 Å². The van der Waals surface area contributed by atoms with Crippen LogP contribution in [0.15, 0.2) is 29.2 Å². The molecule has 1 aliphatic heterocycles. The van der Waals surface area contributed by atoms with E-state index in [4.69, 9.17) is 6.42 Å². The summed E-state index contributed by atoms with van der Waals surface area (Å²) in [6, 6.07) is 4.61. The van der Waals surface area contributed by atoms with Crippen molar-refractivity contribution in [1.82, 2.24) is 9.62 Å². The zero-order chi connectivity index (χ0) is 17.7. The van der Waals surface area contributed by atoms with E-state index in [-0.39, 0.29) is 17.0 Å². The zero-order valence-corrected chi connectivity index (χ0v) is 13.8. The van der Waals surface area contributed by atoms with E-state index in [1.165, 1.54) is 29.2 Å². The molecule has 2 rings (SSSR count). The Bertz CT molecular complexity index is 782. The van der Waals surface area contributed by atoms with Crippen LogP contribution < -0.4 is 4.72 Å². The molecular weight excluding hydrogens is 332 g/mol. The Kier molecular flexibility index (Phi) is 5.59. The predicted octanol–water partition coefficient (Wildman–Crippen LogP) is 0.677. The summed E-state index contributed by atoms with van der Waals surface area (Å²) in [5, 5.41) is 9.27. The largest absolute Gasteiger partial charge is 0.480 e. The number of likely N-dealkylation sites (tertiary alicyclic amines) is 1. The molecule has 1 atom stereocenters. The minimum atomic E-state index is -3.82. The highest BCUT2D eigenvalue weighted by Crippen LogP contribution is 2.21. The number of rotatable bonds is 5. The number of sulfonamides is 1. The van der Waals surface area contributed by atoms with Gasteiger partial charge in [-0.2, -0.15) is 4.72 Å². The van der Waals surface area contributed by atoms with Crippen molar-refractivity contribution in [2.45, 2.75) is 30.2 Å². The van der Waals surface area contributed by atoms with Gasteiger partial charge in [-0.1, -0.05) is 12.0 Å². The number of carbonyl (C=O) groups excluding carboxylic acids is 1. The fourth-order valence-corrected chi connectivity index (χ4v) is 3.59. The Labute approximate surface area is 140 Å². The minimum absolute atomic E-state index is 0.0903. The Morgan fingerprint density at radius 3 is 2.79 bits per heavy atom. The summed E-state index contributed by atoms with van der Waals surface area (Å²) in [5.41, 5.74) is 0.131. The average Bonchev–Trinajstić information content (AvgIpc) is 2.59. The summed E-state index contributed by atoms with van der Waals surface area (Å²) in [6.45, 7) is 0.176. The molecule has 1 amide bonds. The maximum Gasteiger partial charge on any atom is 0.326 e. The lowest BCUT2D eigenvalue weighted by molar-refractivity contribution is -0.143. The molecule has 7 nitrogen and oxygen atoms in total. The van der Waals surface area contributed by atoms with Gasteiger partial charge in [-0.15, -0.1) is 6.42 Å². The highest BCUT2D eigenvalue weighted by Gasteiger charge is 2.32. The number of terminal acetylenes is 1. The van der Waals surface area contributed by atoms with Crippen LogP contribution in [0.4, 0.5) is 0 Å². The highest BCUT2D eigenvalue weighted by atomic mass is 32.2. The van der Waals surface area contributed by atoms with E-state index in [1.807, 2.05) is 0 Å². The molecule has 8 heteroatoms. The van der Waals surface area contributed by atoms with Gasteiger partial charge in [-0.25, -0.2) is 13.2 Å². The van der Waals surface area contributed by atoms with Crippen LogP contribution in [0.1, 0.15) is 29.6 Å². The van der Waals surface area contributed by atoms with Gasteiger partial charge in [0.25, 0.3) is 5.91 Å². The number of carboxylic acids is 1. The molecule has 0 bridgehead atoms. The van der Waals surface area contributed by atoms with Gasteiger partial charge in [0.2, 0.25) is 10.0 Å². The van der Waals surface area contributed by atoms with E-state index >= 15 is 0 Å². The van der Waals surface area contributed by atoms with Gasteiger partial charge in [0, 0.05) is 12.1 Å². The minimum Gasteiger partial charge on any atom is -0.480 e. The summed E-state index contributed by atoms with van der Waals surface area (Å²) in [7, 11) is -3.82. The summed E-state index contributed by atoms with van der Waals surface area (Å²) >= 11 is 0. The van der Waals surface area contributed by atoms with Crippen LogP contribution in [0, 0.1) is 12.3 Å². The maximum atomic E-state index is 12.6. The van der Waals surface area contributed by atoms with Crippen LogP contribution in [0.2, 0.25) is 0 Å². The number of carboxylic acid groups (broad SMARTS) is 1. The first-order chi connectivity index (χ1) is 11.4. The SMILES string of the molecule is C#CCNS(=O)(=O)c1cccc(C(=O)N2CCCC[C@@H]2C(=O)O)c1. The quantitative estimate of drug-likeness (QED) is 0.760. The molecule has 1 heterocycles. The van der Waals surface area contributed by atoms with Crippen molar-refractivity contribution in [2.75, 3.05) is 13.1 Å². The summed E-state index contributed by atoms with van der Waals surface area (Å²) < 4.78 is 26.4. The van der Waals surface area contributed by atoms with Crippen LogP contribution in [-0.4, -0.2) is 49.4 Å². The first-order valence-electron chi connectivity index (χ1n) is 7.44. The third kappa shape index (κ3) is 3.93. The van der Waals surface area contributed by atoms with Crippen molar-refractivity contribution in [2.24, 2.45) is 0 Å². The van der Waals surface area contributed by atoms with Crippen LogP contribution in [-0.2, 0) is 14.8 Å². The number of hydrogen-bond acceptors (Lipinski definition) is 4. The van der Waals surface area contributed by atoms with Crippen molar-refractivity contribution in [1.29, 1.82) is 0 Å². The van der Waals surface area contributed by atoms with Crippen LogP contribution >= 0.6 is 0 Å². The Hall–Kier alpha value is -2.37. The first-order valence-corrected chi connectivity index (χ1v) is 8.92. The molecule has 24 heavy (non-hydrogen) atoms. The zero-order valence-electron chi connectivity index (χ0n) is 12.9. The number of carbonyl (C=O) groups is 2. The highest BCUT2D eigenvalue weighted by molar-refractivity contribution is 7.89. The number of benzene rings is 1. The normalized spacial score (nSPS) is 18.0. The van der Waals surface area contributed by atoms with Crippen molar-refractivity contribution in [3.05, 3.63) is 29.8 Å². The Balaban J connectivity index is 2.29. The van der Waals surface area contributed by atoms with Gasteiger partial charge >= 0.3 is 5.97 Å². The van der Waals surface area contributed by atoms with Crippen molar-refractivity contribution in [3.8, 4) is 12.3 Å². The molecule has 0 aliphatic carbocycles. The predicted molar refractivity (Wildman–Crippen MR) is 86.8 cm³/mol. The Morgan fingerprint density at radius 1 is 1.38 bits per heavy atom. The Morgan fingerprint density at radius 2 is 2.12 bits per heavy atom. The van der Waals surface area contributed by atoms with Crippen molar-refractivity contribution >= 4 is 21.9 Å². The molecule has 1 aliphatic rings. The lowest BCUT2D eigenvalue weighted by Crippen LogP contribution is -2.48. The van der Waals surface area contributed by atoms with Crippen LogP contribution in [0.5, 0.6) is 0 Å². The van der Waals surface area contributed by atoms with Gasteiger partial charge in [-0.05, 0) is 37.5 Å². The molecule has 1 fully saturated rings. The van der Waals surface area contributed by atoms with Crippen molar-refractivity contribution < 1.29 is 23.1 Å². The molecule has 1 aromatic carbocycles. The van der Waals surface area contributed by atoms with Gasteiger partial charge in [0.05, 0.1) is 11.4 Å². The summed E-state index contributed by atoms with van der Waals surface area (Å²) in [6.07, 6.45) is 6.89. The second-order valence-electron chi connectivity index (χ2n) is 5.40. The van der Waals surface area contributed by atoms with E-state index in [2.05, 4.69) is 10.6 Å². The molecule has 0 aromatic heterocycles. The standard InChI is InChI=1S/C16H18N2O5S/c1-2-9-17-24(22,23)13-7-5-6-12(11-13)15(19)18-10-4-3-8-14(18)16(20)21/h1,5-7,11,14,17H,3-4,8-10H2,(H,20,21)/t14-/m1/s1. The van der Waals surface area contributed by atoms with Gasteiger partial charge in [-0.3, -0.25) is 4.79 Å². The number of piperidine rings is 1. The fraction of sp³-hybridized carbons (Fsp3) is 0.375. The molecule has 0 saturated carbocycles. The number of nitrogens with one attached hydrogen (secondary N) is 1. The average molecular weight is 350 g/mol. The molecule has 0 radical (unpaired) electrons. The second-order valence-corrected chi connectivity index (χ2v) is 7.17. The van der Waals surface area contributed by atoms with Crippen molar-refractivity contribution in [3.63, 3.8) is 0 Å². The van der Waals surface area contributed by atoms with E-state index in [0.29, 0.717) is 13.0 Å². The fourth-order valence-electron chi connectivity index (χ4n) is 2.61. The lowest BCUT2D eigenvalue weighted by Gasteiger charge is -2.33. The smallest absolute Gasteiger partial charge is 0.326 e. The third-order valence-corrected chi connectivity index (χ3v) is 5.20. The lowest BCUT2D eigenvalue weighted by atomic mass is 10.0.